The van der Waals surface area contributed by atoms with Gasteiger partial charge in [0.1, 0.15) is 0 Å². The topological polar surface area (TPSA) is 81.7 Å². The first kappa shape index (κ1) is 38.3. The van der Waals surface area contributed by atoms with E-state index in [0.717, 1.165) is 35.8 Å². The monoisotopic (exact) mass is 709 g/mol. The molecule has 0 aromatic heterocycles. The molecular formula is C39H58F3NO5S. The summed E-state index contributed by atoms with van der Waals surface area (Å²) in [6.45, 7) is 14.6. The molecule has 0 heterocycles. The number of aryl methyl sites for hydroxylation is 1. The van der Waals surface area contributed by atoms with Crippen LogP contribution in [0, 0.1) is 53.3 Å². The minimum atomic E-state index is -5.43. The Hall–Kier alpha value is -1.91. The van der Waals surface area contributed by atoms with E-state index in [0.29, 0.717) is 35.5 Å². The summed E-state index contributed by atoms with van der Waals surface area (Å²) in [6.07, 6.45) is 6.46. The van der Waals surface area contributed by atoms with E-state index in [4.69, 9.17) is 9.47 Å². The highest BCUT2D eigenvalue weighted by Gasteiger charge is 2.67. The van der Waals surface area contributed by atoms with Crippen LogP contribution in [0.3, 0.4) is 0 Å². The van der Waals surface area contributed by atoms with Crippen molar-refractivity contribution in [3.63, 3.8) is 0 Å². The zero-order chi connectivity index (χ0) is 36.0. The second-order valence-corrected chi connectivity index (χ2v) is 18.3. The van der Waals surface area contributed by atoms with E-state index in [2.05, 4.69) is 40.7 Å². The molecule has 9 atom stereocenters. The molecule has 0 radical (unpaired) electrons. The number of esters is 1. The minimum Gasteiger partial charge on any atom is -0.463 e. The number of benzene rings is 1. The molecule has 276 valence electrons. The molecule has 49 heavy (non-hydrogen) atoms. The van der Waals surface area contributed by atoms with Crippen LogP contribution in [0.2, 0.25) is 0 Å². The van der Waals surface area contributed by atoms with E-state index in [-0.39, 0.29) is 24.9 Å². The fourth-order valence-corrected chi connectivity index (χ4v) is 11.8. The van der Waals surface area contributed by atoms with Crippen molar-refractivity contribution >= 4 is 16.0 Å². The van der Waals surface area contributed by atoms with Crippen LogP contribution in [0.4, 0.5) is 13.2 Å². The first-order valence-electron chi connectivity index (χ1n) is 18.6. The first-order valence-corrected chi connectivity index (χ1v) is 20.1. The van der Waals surface area contributed by atoms with Crippen LogP contribution in [0.1, 0.15) is 118 Å². The fraction of sp³-hybridized carbons (Fsp3) is 0.769. The van der Waals surface area contributed by atoms with Crippen LogP contribution in [0.15, 0.2) is 40.8 Å². The van der Waals surface area contributed by atoms with Gasteiger partial charge in [-0.25, -0.2) is 13.2 Å². The lowest BCUT2D eigenvalue weighted by molar-refractivity contribution is -0.295. The largest absolute Gasteiger partial charge is 0.463 e. The highest BCUT2D eigenvalue weighted by Crippen LogP contribution is 2.67. The summed E-state index contributed by atoms with van der Waals surface area (Å²) in [7, 11) is -4.83. The van der Waals surface area contributed by atoms with E-state index in [1.54, 1.807) is 11.6 Å². The summed E-state index contributed by atoms with van der Waals surface area (Å²) < 4.78 is 84.0. The number of ether oxygens (including phenoxy) is 2. The Labute approximate surface area is 292 Å². The van der Waals surface area contributed by atoms with Gasteiger partial charge < -0.3 is 9.47 Å². The Balaban J connectivity index is 1.37. The molecule has 3 fully saturated rings. The van der Waals surface area contributed by atoms with E-state index >= 15 is 13.2 Å². The molecular weight excluding hydrogens is 651 g/mol. The van der Waals surface area contributed by atoms with Crippen molar-refractivity contribution in [1.82, 2.24) is 4.72 Å². The molecule has 5 rings (SSSR count). The van der Waals surface area contributed by atoms with Gasteiger partial charge in [-0.15, -0.1) is 0 Å². The predicted octanol–water partition coefficient (Wildman–Crippen LogP) is 9.52. The second-order valence-electron chi connectivity index (χ2n) is 16.6. The number of halogens is 3. The molecule has 10 heteroatoms. The number of sulfonamides is 1. The zero-order valence-electron chi connectivity index (χ0n) is 30.5. The number of allylic oxidation sites excluding steroid dienone is 1. The van der Waals surface area contributed by atoms with Gasteiger partial charge in [-0.2, -0.15) is 17.9 Å². The average molecular weight is 710 g/mol. The molecule has 4 aliphatic rings. The van der Waals surface area contributed by atoms with Crippen LogP contribution in [-0.2, 0) is 24.3 Å². The Morgan fingerprint density at radius 3 is 2.33 bits per heavy atom. The lowest BCUT2D eigenvalue weighted by atomic mass is 9.47. The van der Waals surface area contributed by atoms with Crippen molar-refractivity contribution in [2.75, 3.05) is 6.61 Å². The highest BCUT2D eigenvalue weighted by molar-refractivity contribution is 7.89. The minimum absolute atomic E-state index is 0.169. The summed E-state index contributed by atoms with van der Waals surface area (Å²) in [5, 5.41) is 0. The van der Waals surface area contributed by atoms with Gasteiger partial charge in [-0.1, -0.05) is 83.2 Å². The summed E-state index contributed by atoms with van der Waals surface area (Å²) in [5.41, 5.74) is -1.93. The SMILES string of the molecule is CCOC(=O)[C@@](NS(=O)(=O)c1ccc(C)cc1)(O[C@@H]1CC[C@]2(C)C(=CC[C@@H]3[C@H]2CC[C@@]2(C)[C@@H]([C@H](C)CCCC(C)C)CC[C@@H]32)C1)C(F)(F)F. The standard InChI is InChI=1S/C39H58F3NO5S/c1-8-47-35(44)38(39(40,41)42,43-49(45,46)30-15-12-26(4)13-16-30)48-29-20-22-36(6)28(24-29)14-17-31-33-19-18-32(27(5)11-9-10-25(2)3)37(33,7)23-21-34(31)36/h12-16,25,27,29,31-34,43H,8-11,17-24H2,1-7H3/t27-,29-,31+,32-,33+,34-,36-,37+,38-/m1/s1. The van der Waals surface area contributed by atoms with Crippen molar-refractivity contribution in [3.05, 3.63) is 41.5 Å². The average Bonchev–Trinajstić information content (AvgIpc) is 3.37. The molecule has 1 aromatic carbocycles. The third-order valence-corrected chi connectivity index (χ3v) is 14.6. The van der Waals surface area contributed by atoms with Gasteiger partial charge in [-0.05, 0) is 124 Å². The van der Waals surface area contributed by atoms with Gasteiger partial charge in [0.05, 0.1) is 17.6 Å². The fourth-order valence-electron chi connectivity index (χ4n) is 10.6. The number of nitrogens with one attached hydrogen (secondary N) is 1. The summed E-state index contributed by atoms with van der Waals surface area (Å²) in [4.78, 5) is 12.8. The Morgan fingerprint density at radius 2 is 1.69 bits per heavy atom. The van der Waals surface area contributed by atoms with Gasteiger partial charge in [0, 0.05) is 0 Å². The van der Waals surface area contributed by atoms with Gasteiger partial charge in [0.15, 0.2) is 0 Å². The zero-order valence-corrected chi connectivity index (χ0v) is 31.3. The second kappa shape index (κ2) is 14.3. The van der Waals surface area contributed by atoms with Crippen LogP contribution >= 0.6 is 0 Å². The summed E-state index contributed by atoms with van der Waals surface area (Å²) in [5.74, 6) is 1.99. The number of carbonyl (C=O) groups excluding carboxylic acids is 1. The molecule has 4 aliphatic carbocycles. The van der Waals surface area contributed by atoms with Crippen LogP contribution in [0.25, 0.3) is 0 Å². The van der Waals surface area contributed by atoms with Crippen molar-refractivity contribution in [1.29, 1.82) is 0 Å². The molecule has 6 nitrogen and oxygen atoms in total. The molecule has 1 aromatic rings. The number of carbonyl (C=O) groups is 1. The smallest absolute Gasteiger partial charge is 0.443 e. The molecule has 0 bridgehead atoms. The number of hydrogen-bond donors (Lipinski definition) is 1. The van der Waals surface area contributed by atoms with Crippen molar-refractivity contribution in [2.45, 2.75) is 142 Å². The lowest BCUT2D eigenvalue weighted by Crippen LogP contribution is -2.67. The first-order chi connectivity index (χ1) is 22.9. The summed E-state index contributed by atoms with van der Waals surface area (Å²) in [6, 6.07) is 5.37. The van der Waals surface area contributed by atoms with Gasteiger partial charge in [0.2, 0.25) is 10.0 Å². The molecule has 0 unspecified atom stereocenters. The molecule has 3 saturated carbocycles. The Bertz CT molecular complexity index is 1480. The predicted molar refractivity (Wildman–Crippen MR) is 185 cm³/mol. The van der Waals surface area contributed by atoms with E-state index < -0.39 is 38.9 Å². The lowest BCUT2D eigenvalue weighted by Gasteiger charge is -2.58. The Kier molecular flexibility index (Phi) is 11.1. The van der Waals surface area contributed by atoms with Crippen molar-refractivity contribution in [2.24, 2.45) is 46.3 Å². The molecule has 0 saturated heterocycles. The summed E-state index contributed by atoms with van der Waals surface area (Å²) >= 11 is 0. The number of hydrogen-bond acceptors (Lipinski definition) is 5. The quantitative estimate of drug-likeness (QED) is 0.133. The molecule has 0 spiro atoms. The third-order valence-electron chi connectivity index (χ3n) is 13.2. The van der Waals surface area contributed by atoms with Crippen LogP contribution in [0.5, 0.6) is 0 Å². The number of rotatable bonds is 12. The van der Waals surface area contributed by atoms with Crippen LogP contribution < -0.4 is 4.72 Å². The van der Waals surface area contributed by atoms with Gasteiger partial charge in [-0.3, -0.25) is 0 Å². The number of fused-ring (bicyclic) bond motifs is 5. The molecule has 0 aliphatic heterocycles. The maximum Gasteiger partial charge on any atom is 0.443 e. The number of alkyl halides is 3. The maximum absolute atomic E-state index is 15.0. The Morgan fingerprint density at radius 1 is 1.00 bits per heavy atom. The van der Waals surface area contributed by atoms with Crippen LogP contribution in [-0.4, -0.2) is 39.0 Å². The maximum atomic E-state index is 15.0. The van der Waals surface area contributed by atoms with E-state index in [1.807, 2.05) is 0 Å². The van der Waals surface area contributed by atoms with Crippen molar-refractivity contribution in [3.8, 4) is 0 Å². The molecule has 0 amide bonds. The van der Waals surface area contributed by atoms with E-state index in [9.17, 15) is 13.2 Å². The van der Waals surface area contributed by atoms with E-state index in [1.165, 1.54) is 69.7 Å². The highest BCUT2D eigenvalue weighted by atomic mass is 32.2. The van der Waals surface area contributed by atoms with Crippen molar-refractivity contribution < 1.29 is 35.9 Å². The normalized spacial score (nSPS) is 33.5. The third kappa shape index (κ3) is 7.26. The van der Waals surface area contributed by atoms with Gasteiger partial charge >= 0.3 is 17.9 Å². The molecule has 1 N–H and O–H groups in total. The van der Waals surface area contributed by atoms with Gasteiger partial charge in [0.25, 0.3) is 0 Å².